The van der Waals surface area contributed by atoms with Gasteiger partial charge in [-0.05, 0) is 75.0 Å². The molecule has 2 aromatic carbocycles. The number of allylic oxidation sites excluding steroid dienone is 6. The van der Waals surface area contributed by atoms with Crippen molar-refractivity contribution in [3.8, 4) is 0 Å². The fraction of sp³-hybridized carbons (Fsp3) is 0.250. The van der Waals surface area contributed by atoms with Crippen molar-refractivity contribution < 1.29 is 0 Å². The highest BCUT2D eigenvalue weighted by Gasteiger charge is 2.32. The van der Waals surface area contributed by atoms with Gasteiger partial charge in [0, 0.05) is 0 Å². The number of rotatable bonds is 2. The van der Waals surface area contributed by atoms with E-state index in [9.17, 15) is 0 Å². The van der Waals surface area contributed by atoms with E-state index in [0.29, 0.717) is 0 Å². The van der Waals surface area contributed by atoms with Crippen LogP contribution in [0.4, 0.5) is 0 Å². The van der Waals surface area contributed by atoms with Gasteiger partial charge < -0.3 is 0 Å². The van der Waals surface area contributed by atoms with Crippen LogP contribution in [-0.4, -0.2) is 0 Å². The van der Waals surface area contributed by atoms with Gasteiger partial charge in [-0.25, -0.2) is 0 Å². The minimum absolute atomic E-state index is 1.31. The summed E-state index contributed by atoms with van der Waals surface area (Å²) < 4.78 is 0. The molecule has 0 amide bonds. The second-order valence-electron chi connectivity index (χ2n) is 7.24. The van der Waals surface area contributed by atoms with Crippen molar-refractivity contribution in [2.75, 3.05) is 0 Å². The molecule has 0 aromatic heterocycles. The lowest BCUT2D eigenvalue weighted by Gasteiger charge is -2.35. The molecule has 0 atom stereocenters. The summed E-state index contributed by atoms with van der Waals surface area (Å²) in [5.74, 6) is 0. The van der Waals surface area contributed by atoms with E-state index in [1.165, 1.54) is 55.7 Å². The highest BCUT2D eigenvalue weighted by molar-refractivity contribution is 6.19. The minimum atomic E-state index is 1.31. The third kappa shape index (κ3) is 2.78. The maximum atomic E-state index is 2.30. The average molecular weight is 314 g/mol. The Labute approximate surface area is 146 Å². The Morgan fingerprint density at radius 3 is 1.25 bits per heavy atom. The smallest absolute Gasteiger partial charge is 0.00209 e. The molecule has 3 rings (SSSR count). The standard InChI is InChI=1S/C24H26/c1-15(2)21-22(16(3)4)24(20-12-8-10-18(6)14-20)23(21)19-11-7-9-17(5)13-19/h7-14H,1-6H3. The molecule has 1 aliphatic carbocycles. The Kier molecular flexibility index (Phi) is 4.32. The quantitative estimate of drug-likeness (QED) is 0.565. The molecule has 24 heavy (non-hydrogen) atoms. The molecule has 1 aliphatic rings. The van der Waals surface area contributed by atoms with Crippen molar-refractivity contribution in [3.63, 3.8) is 0 Å². The number of hydrogen-bond acceptors (Lipinski definition) is 0. The van der Waals surface area contributed by atoms with Crippen molar-refractivity contribution in [3.05, 3.63) is 93.1 Å². The Hall–Kier alpha value is -2.34. The Balaban J connectivity index is 2.36. The first-order chi connectivity index (χ1) is 11.4. The van der Waals surface area contributed by atoms with E-state index in [4.69, 9.17) is 0 Å². The largest absolute Gasteiger partial charge is 0.0679 e. The van der Waals surface area contributed by atoms with Gasteiger partial charge in [0.1, 0.15) is 0 Å². The number of hydrogen-bond donors (Lipinski definition) is 0. The van der Waals surface area contributed by atoms with Gasteiger partial charge in [-0.1, -0.05) is 70.8 Å². The van der Waals surface area contributed by atoms with Gasteiger partial charge in [0.05, 0.1) is 0 Å². The fourth-order valence-corrected chi connectivity index (χ4v) is 3.62. The van der Waals surface area contributed by atoms with Crippen molar-refractivity contribution >= 4 is 11.1 Å². The summed E-state index contributed by atoms with van der Waals surface area (Å²) >= 11 is 0. The molecule has 0 N–H and O–H groups in total. The molecule has 122 valence electrons. The third-order valence-corrected chi connectivity index (χ3v) is 4.61. The molecule has 0 spiro atoms. The number of benzene rings is 2. The Bertz CT molecular complexity index is 818. The Morgan fingerprint density at radius 1 is 0.583 bits per heavy atom. The molecule has 0 heteroatoms. The van der Waals surface area contributed by atoms with Crippen LogP contribution in [0.2, 0.25) is 0 Å². The fourth-order valence-electron chi connectivity index (χ4n) is 3.62. The second-order valence-corrected chi connectivity index (χ2v) is 7.24. The number of aryl methyl sites for hydroxylation is 2. The van der Waals surface area contributed by atoms with Crippen molar-refractivity contribution in [2.45, 2.75) is 41.5 Å². The Morgan fingerprint density at radius 2 is 0.958 bits per heavy atom. The van der Waals surface area contributed by atoms with Crippen molar-refractivity contribution in [1.82, 2.24) is 0 Å². The zero-order valence-electron chi connectivity index (χ0n) is 15.6. The van der Waals surface area contributed by atoms with Gasteiger partial charge in [-0.15, -0.1) is 0 Å². The zero-order valence-corrected chi connectivity index (χ0v) is 15.6. The lowest BCUT2D eigenvalue weighted by molar-refractivity contribution is 1.22. The van der Waals surface area contributed by atoms with Gasteiger partial charge in [0.15, 0.2) is 0 Å². The molecule has 2 aromatic rings. The molecular weight excluding hydrogens is 288 g/mol. The van der Waals surface area contributed by atoms with E-state index in [1.54, 1.807) is 0 Å². The van der Waals surface area contributed by atoms with E-state index in [2.05, 4.69) is 90.1 Å². The van der Waals surface area contributed by atoms with E-state index in [0.717, 1.165) is 0 Å². The van der Waals surface area contributed by atoms with Crippen LogP contribution in [-0.2, 0) is 0 Å². The summed E-state index contributed by atoms with van der Waals surface area (Å²) in [6, 6.07) is 17.7. The highest BCUT2D eigenvalue weighted by atomic mass is 14.4. The highest BCUT2D eigenvalue weighted by Crippen LogP contribution is 2.53. The first kappa shape index (κ1) is 16.5. The molecule has 0 bridgehead atoms. The first-order valence-electron chi connectivity index (χ1n) is 8.64. The summed E-state index contributed by atoms with van der Waals surface area (Å²) in [7, 11) is 0. The molecule has 0 saturated carbocycles. The zero-order chi connectivity index (χ0) is 17.4. The topological polar surface area (TPSA) is 0 Å². The minimum Gasteiger partial charge on any atom is -0.0679 e. The van der Waals surface area contributed by atoms with Crippen LogP contribution in [0.3, 0.4) is 0 Å². The molecule has 0 heterocycles. The van der Waals surface area contributed by atoms with Crippen LogP contribution >= 0.6 is 0 Å². The maximum absolute atomic E-state index is 2.30. The molecule has 0 unspecified atom stereocenters. The van der Waals surface area contributed by atoms with Crippen LogP contribution in [0.5, 0.6) is 0 Å². The van der Waals surface area contributed by atoms with Gasteiger partial charge in [0.2, 0.25) is 0 Å². The van der Waals surface area contributed by atoms with Crippen LogP contribution in [0.25, 0.3) is 11.1 Å². The van der Waals surface area contributed by atoms with Crippen molar-refractivity contribution in [2.24, 2.45) is 0 Å². The van der Waals surface area contributed by atoms with Gasteiger partial charge >= 0.3 is 0 Å². The van der Waals surface area contributed by atoms with Crippen molar-refractivity contribution in [1.29, 1.82) is 0 Å². The summed E-state index contributed by atoms with van der Waals surface area (Å²) in [4.78, 5) is 0. The molecule has 0 saturated heterocycles. The lowest BCUT2D eigenvalue weighted by atomic mass is 9.68. The molecule has 0 fully saturated rings. The predicted octanol–water partition coefficient (Wildman–Crippen LogP) is 6.90. The van der Waals surface area contributed by atoms with E-state index >= 15 is 0 Å². The summed E-state index contributed by atoms with van der Waals surface area (Å²) in [5, 5.41) is 0. The molecule has 0 aliphatic heterocycles. The van der Waals surface area contributed by atoms with E-state index < -0.39 is 0 Å². The maximum Gasteiger partial charge on any atom is -0.00209 e. The first-order valence-corrected chi connectivity index (χ1v) is 8.64. The normalized spacial score (nSPS) is 13.9. The van der Waals surface area contributed by atoms with Gasteiger partial charge in [0.25, 0.3) is 0 Å². The monoisotopic (exact) mass is 314 g/mol. The summed E-state index contributed by atoms with van der Waals surface area (Å²) in [6.45, 7) is 13.2. The van der Waals surface area contributed by atoms with Gasteiger partial charge in [-0.3, -0.25) is 0 Å². The summed E-state index contributed by atoms with van der Waals surface area (Å²) in [5.41, 5.74) is 13.7. The average Bonchev–Trinajstić information content (AvgIpc) is 2.45. The van der Waals surface area contributed by atoms with E-state index in [1.807, 2.05) is 0 Å². The lowest BCUT2D eigenvalue weighted by Crippen LogP contribution is -2.14. The van der Waals surface area contributed by atoms with E-state index in [-0.39, 0.29) is 0 Å². The SMILES string of the molecule is CC(C)=C1C(=C(C)C)C(c2cccc(C)c2)=C1c1cccc(C)c1. The van der Waals surface area contributed by atoms with Crippen LogP contribution < -0.4 is 0 Å². The molecule has 0 radical (unpaired) electrons. The van der Waals surface area contributed by atoms with Gasteiger partial charge in [-0.2, -0.15) is 0 Å². The second kappa shape index (κ2) is 6.28. The van der Waals surface area contributed by atoms with Crippen LogP contribution in [0, 0.1) is 13.8 Å². The summed E-state index contributed by atoms with van der Waals surface area (Å²) in [6.07, 6.45) is 0. The third-order valence-electron chi connectivity index (χ3n) is 4.61. The molecular formula is C24H26. The predicted molar refractivity (Wildman–Crippen MR) is 106 cm³/mol. The van der Waals surface area contributed by atoms with Crippen LogP contribution in [0.1, 0.15) is 49.9 Å². The molecule has 0 nitrogen and oxygen atoms in total. The van der Waals surface area contributed by atoms with Crippen LogP contribution in [0.15, 0.2) is 70.8 Å².